The SMILES string of the molecule is Cc1ccc(C(=O)N2CCCCCC2CC(C)Cl)o1. The Balaban J connectivity index is 2.14. The molecule has 1 aromatic heterocycles. The van der Waals surface area contributed by atoms with Gasteiger partial charge in [0.2, 0.25) is 0 Å². The van der Waals surface area contributed by atoms with Gasteiger partial charge in [0.05, 0.1) is 0 Å². The summed E-state index contributed by atoms with van der Waals surface area (Å²) in [5.41, 5.74) is 0. The summed E-state index contributed by atoms with van der Waals surface area (Å²) in [7, 11) is 0. The molecule has 19 heavy (non-hydrogen) atoms. The Hall–Kier alpha value is -0.960. The second kappa shape index (κ2) is 6.47. The number of nitrogens with zero attached hydrogens (tertiary/aromatic N) is 1. The van der Waals surface area contributed by atoms with E-state index in [2.05, 4.69) is 0 Å². The third-order valence-electron chi connectivity index (χ3n) is 3.69. The van der Waals surface area contributed by atoms with E-state index in [1.54, 1.807) is 6.07 Å². The molecule has 0 spiro atoms. The first-order valence-electron chi connectivity index (χ1n) is 7.09. The summed E-state index contributed by atoms with van der Waals surface area (Å²) < 4.78 is 5.47. The van der Waals surface area contributed by atoms with E-state index >= 15 is 0 Å². The molecular formula is C15H22ClNO2. The van der Waals surface area contributed by atoms with Crippen LogP contribution in [0.4, 0.5) is 0 Å². The van der Waals surface area contributed by atoms with Crippen LogP contribution in [0.1, 0.15) is 55.3 Å². The molecule has 3 nitrogen and oxygen atoms in total. The lowest BCUT2D eigenvalue weighted by atomic mass is 10.0. The van der Waals surface area contributed by atoms with Gasteiger partial charge in [-0.2, -0.15) is 0 Å². The van der Waals surface area contributed by atoms with E-state index < -0.39 is 0 Å². The quantitative estimate of drug-likeness (QED) is 0.786. The van der Waals surface area contributed by atoms with Gasteiger partial charge >= 0.3 is 0 Å². The molecule has 0 aliphatic carbocycles. The molecule has 1 amide bonds. The van der Waals surface area contributed by atoms with Crippen LogP contribution >= 0.6 is 11.6 Å². The number of hydrogen-bond donors (Lipinski definition) is 0. The first-order chi connectivity index (χ1) is 9.08. The molecule has 1 fully saturated rings. The second-order valence-electron chi connectivity index (χ2n) is 5.43. The van der Waals surface area contributed by atoms with Gasteiger partial charge in [-0.15, -0.1) is 11.6 Å². The minimum atomic E-state index is 0.0114. The van der Waals surface area contributed by atoms with Crippen LogP contribution < -0.4 is 0 Å². The standard InChI is InChI=1S/C15H22ClNO2/c1-11(16)10-13-6-4-3-5-9-17(13)15(18)14-8-7-12(2)19-14/h7-8,11,13H,3-6,9-10H2,1-2H3. The molecule has 1 aliphatic heterocycles. The van der Waals surface area contributed by atoms with Crippen molar-refractivity contribution in [2.24, 2.45) is 0 Å². The van der Waals surface area contributed by atoms with E-state index in [1.807, 2.05) is 24.8 Å². The predicted octanol–water partition coefficient (Wildman–Crippen LogP) is 3.99. The van der Waals surface area contributed by atoms with E-state index in [1.165, 1.54) is 12.8 Å². The minimum Gasteiger partial charge on any atom is -0.456 e. The van der Waals surface area contributed by atoms with Crippen molar-refractivity contribution in [3.05, 3.63) is 23.7 Å². The Morgan fingerprint density at radius 1 is 1.47 bits per heavy atom. The zero-order valence-electron chi connectivity index (χ0n) is 11.7. The zero-order valence-corrected chi connectivity index (χ0v) is 12.4. The number of rotatable bonds is 3. The predicted molar refractivity (Wildman–Crippen MR) is 76.7 cm³/mol. The van der Waals surface area contributed by atoms with E-state index in [-0.39, 0.29) is 17.3 Å². The lowest BCUT2D eigenvalue weighted by Crippen LogP contribution is -2.40. The fourth-order valence-electron chi connectivity index (χ4n) is 2.76. The number of aryl methyl sites for hydroxylation is 1. The molecule has 1 saturated heterocycles. The van der Waals surface area contributed by atoms with Crippen LogP contribution in [-0.2, 0) is 0 Å². The summed E-state index contributed by atoms with van der Waals surface area (Å²) in [6.45, 7) is 4.66. The van der Waals surface area contributed by atoms with E-state index in [4.69, 9.17) is 16.0 Å². The molecule has 2 rings (SSSR count). The van der Waals surface area contributed by atoms with E-state index in [0.29, 0.717) is 5.76 Å². The van der Waals surface area contributed by atoms with E-state index in [9.17, 15) is 4.79 Å². The van der Waals surface area contributed by atoms with Gasteiger partial charge in [0.25, 0.3) is 5.91 Å². The maximum atomic E-state index is 12.5. The molecule has 0 N–H and O–H groups in total. The Labute approximate surface area is 119 Å². The smallest absolute Gasteiger partial charge is 0.289 e. The van der Waals surface area contributed by atoms with Crippen LogP contribution in [0, 0.1) is 6.92 Å². The molecule has 2 unspecified atom stereocenters. The average Bonchev–Trinajstić information content (AvgIpc) is 2.65. The van der Waals surface area contributed by atoms with Crippen molar-refractivity contribution in [1.82, 2.24) is 4.90 Å². The fraction of sp³-hybridized carbons (Fsp3) is 0.667. The Morgan fingerprint density at radius 3 is 2.89 bits per heavy atom. The molecule has 0 radical (unpaired) electrons. The van der Waals surface area contributed by atoms with Gasteiger partial charge in [-0.05, 0) is 45.2 Å². The number of alkyl halides is 1. The molecule has 2 atom stereocenters. The summed E-state index contributed by atoms with van der Waals surface area (Å²) in [6, 6.07) is 3.85. The van der Waals surface area contributed by atoms with Gasteiger partial charge in [-0.3, -0.25) is 4.79 Å². The third-order valence-corrected chi connectivity index (χ3v) is 3.86. The molecule has 2 heterocycles. The van der Waals surface area contributed by atoms with Gasteiger partial charge in [0, 0.05) is 18.0 Å². The monoisotopic (exact) mass is 283 g/mol. The van der Waals surface area contributed by atoms with Crippen molar-refractivity contribution in [3.63, 3.8) is 0 Å². The Morgan fingerprint density at radius 2 is 2.26 bits per heavy atom. The van der Waals surface area contributed by atoms with Gasteiger partial charge in [0.15, 0.2) is 5.76 Å². The van der Waals surface area contributed by atoms with Crippen molar-refractivity contribution < 1.29 is 9.21 Å². The number of likely N-dealkylation sites (tertiary alicyclic amines) is 1. The first-order valence-corrected chi connectivity index (χ1v) is 7.53. The average molecular weight is 284 g/mol. The number of carbonyl (C=O) groups is 1. The van der Waals surface area contributed by atoms with Crippen molar-refractivity contribution in [2.75, 3.05) is 6.54 Å². The van der Waals surface area contributed by atoms with Gasteiger partial charge in [0.1, 0.15) is 5.76 Å². The second-order valence-corrected chi connectivity index (χ2v) is 6.17. The molecule has 4 heteroatoms. The molecule has 1 aromatic rings. The fourth-order valence-corrected chi connectivity index (χ4v) is 2.96. The maximum Gasteiger partial charge on any atom is 0.289 e. The van der Waals surface area contributed by atoms with Crippen molar-refractivity contribution in [2.45, 2.75) is 57.4 Å². The molecule has 0 aromatic carbocycles. The number of furan rings is 1. The molecule has 0 saturated carbocycles. The highest BCUT2D eigenvalue weighted by Crippen LogP contribution is 2.24. The summed E-state index contributed by atoms with van der Waals surface area (Å²) in [4.78, 5) is 14.5. The third kappa shape index (κ3) is 3.75. The normalized spacial score (nSPS) is 22.1. The summed E-state index contributed by atoms with van der Waals surface area (Å²) in [6.07, 6.45) is 5.33. The highest BCUT2D eigenvalue weighted by Gasteiger charge is 2.28. The summed E-state index contributed by atoms with van der Waals surface area (Å²) in [5.74, 6) is 1.24. The van der Waals surface area contributed by atoms with Gasteiger partial charge < -0.3 is 9.32 Å². The van der Waals surface area contributed by atoms with Crippen molar-refractivity contribution in [1.29, 1.82) is 0 Å². The lowest BCUT2D eigenvalue weighted by molar-refractivity contribution is 0.0640. The summed E-state index contributed by atoms with van der Waals surface area (Å²) >= 11 is 6.12. The number of carbonyl (C=O) groups excluding carboxylic acids is 1. The highest BCUT2D eigenvalue weighted by molar-refractivity contribution is 6.20. The van der Waals surface area contributed by atoms with Crippen LogP contribution in [0.25, 0.3) is 0 Å². The Kier molecular flexibility index (Phi) is 4.92. The van der Waals surface area contributed by atoms with Crippen molar-refractivity contribution >= 4 is 17.5 Å². The number of amides is 1. The van der Waals surface area contributed by atoms with Gasteiger partial charge in [-0.1, -0.05) is 12.8 Å². The van der Waals surface area contributed by atoms with Crippen LogP contribution in [0.15, 0.2) is 16.5 Å². The largest absolute Gasteiger partial charge is 0.456 e. The highest BCUT2D eigenvalue weighted by atomic mass is 35.5. The van der Waals surface area contributed by atoms with Crippen LogP contribution in [0.3, 0.4) is 0 Å². The molecule has 106 valence electrons. The van der Waals surface area contributed by atoms with Crippen LogP contribution in [0.2, 0.25) is 0 Å². The van der Waals surface area contributed by atoms with E-state index in [0.717, 1.165) is 31.6 Å². The van der Waals surface area contributed by atoms with Gasteiger partial charge in [-0.25, -0.2) is 0 Å². The molecule has 0 bridgehead atoms. The molecular weight excluding hydrogens is 262 g/mol. The van der Waals surface area contributed by atoms with Crippen molar-refractivity contribution in [3.8, 4) is 0 Å². The Bertz CT molecular complexity index is 428. The number of halogens is 1. The lowest BCUT2D eigenvalue weighted by Gasteiger charge is -2.30. The van der Waals surface area contributed by atoms with Crippen LogP contribution in [-0.4, -0.2) is 28.8 Å². The number of hydrogen-bond acceptors (Lipinski definition) is 2. The zero-order chi connectivity index (χ0) is 13.8. The topological polar surface area (TPSA) is 33.5 Å². The minimum absolute atomic E-state index is 0.0114. The summed E-state index contributed by atoms with van der Waals surface area (Å²) in [5, 5.41) is 0.0942. The molecule has 1 aliphatic rings. The first kappa shape index (κ1) is 14.4. The van der Waals surface area contributed by atoms with Crippen LogP contribution in [0.5, 0.6) is 0 Å². The maximum absolute atomic E-state index is 12.5.